The van der Waals surface area contributed by atoms with Gasteiger partial charge in [0.25, 0.3) is 15.9 Å². The van der Waals surface area contributed by atoms with Gasteiger partial charge in [-0.15, -0.1) is 0 Å². The molecular formula is C22H21N3O4S. The third-order valence-corrected chi connectivity index (χ3v) is 6.54. The van der Waals surface area contributed by atoms with Crippen molar-refractivity contribution in [2.75, 3.05) is 16.7 Å². The Morgan fingerprint density at radius 1 is 0.900 bits per heavy atom. The summed E-state index contributed by atoms with van der Waals surface area (Å²) >= 11 is 0. The van der Waals surface area contributed by atoms with Gasteiger partial charge in [-0.25, -0.2) is 8.42 Å². The Bertz CT molecular complexity index is 1190. The molecular weight excluding hydrogens is 402 g/mol. The molecule has 3 aromatic carbocycles. The lowest BCUT2D eigenvalue weighted by atomic mass is 10.1. The number of hydrogen-bond acceptors (Lipinski definition) is 4. The summed E-state index contributed by atoms with van der Waals surface area (Å²) in [4.78, 5) is 24.2. The number of hydrogen-bond donors (Lipinski definition) is 2. The zero-order valence-corrected chi connectivity index (χ0v) is 17.3. The molecule has 0 bridgehead atoms. The molecule has 0 aliphatic heterocycles. The minimum atomic E-state index is -3.70. The van der Waals surface area contributed by atoms with E-state index in [1.807, 2.05) is 0 Å². The van der Waals surface area contributed by atoms with Crippen molar-refractivity contribution in [3.63, 3.8) is 0 Å². The fraction of sp³-hybridized carbons (Fsp3) is 0.0909. The van der Waals surface area contributed by atoms with Gasteiger partial charge in [0.05, 0.1) is 10.6 Å². The Kier molecular flexibility index (Phi) is 5.89. The monoisotopic (exact) mass is 423 g/mol. The molecule has 0 aliphatic rings. The highest BCUT2D eigenvalue weighted by atomic mass is 32.2. The van der Waals surface area contributed by atoms with Gasteiger partial charge >= 0.3 is 0 Å². The standard InChI is InChI=1S/C22H21N3O4S/c1-15-19(21(23)26)9-6-10-20(15)24-22(27)16-11-13-17(14-12-16)25(2)30(28,29)18-7-4-3-5-8-18/h3-14H,1-2H3,(H2,23,26)(H,24,27). The summed E-state index contributed by atoms with van der Waals surface area (Å²) in [6, 6.07) is 19.2. The number of nitrogens with two attached hydrogens (primary N) is 1. The van der Waals surface area contributed by atoms with Crippen LogP contribution in [-0.2, 0) is 10.0 Å². The topological polar surface area (TPSA) is 110 Å². The lowest BCUT2D eigenvalue weighted by Gasteiger charge is -2.19. The van der Waals surface area contributed by atoms with Crippen LogP contribution in [0.1, 0.15) is 26.3 Å². The molecule has 30 heavy (non-hydrogen) atoms. The normalized spacial score (nSPS) is 11.0. The van der Waals surface area contributed by atoms with Crippen LogP contribution in [-0.4, -0.2) is 27.3 Å². The highest BCUT2D eigenvalue weighted by molar-refractivity contribution is 7.92. The molecule has 0 aliphatic carbocycles. The van der Waals surface area contributed by atoms with Gasteiger partial charge in [0.1, 0.15) is 0 Å². The summed E-state index contributed by atoms with van der Waals surface area (Å²) in [5.74, 6) is -0.963. The summed E-state index contributed by atoms with van der Waals surface area (Å²) in [7, 11) is -2.25. The number of anilines is 2. The largest absolute Gasteiger partial charge is 0.366 e. The lowest BCUT2D eigenvalue weighted by Crippen LogP contribution is -2.26. The minimum Gasteiger partial charge on any atom is -0.366 e. The van der Waals surface area contributed by atoms with E-state index in [0.29, 0.717) is 28.1 Å². The van der Waals surface area contributed by atoms with Crippen molar-refractivity contribution in [3.05, 3.63) is 89.5 Å². The molecule has 0 unspecified atom stereocenters. The van der Waals surface area contributed by atoms with Crippen LogP contribution in [0.5, 0.6) is 0 Å². The Hall–Kier alpha value is -3.65. The van der Waals surface area contributed by atoms with Gasteiger partial charge < -0.3 is 11.1 Å². The first-order chi connectivity index (χ1) is 14.2. The molecule has 0 fully saturated rings. The van der Waals surface area contributed by atoms with E-state index >= 15 is 0 Å². The Morgan fingerprint density at radius 3 is 2.13 bits per heavy atom. The maximum Gasteiger partial charge on any atom is 0.264 e. The number of rotatable bonds is 6. The molecule has 154 valence electrons. The van der Waals surface area contributed by atoms with Crippen LogP contribution >= 0.6 is 0 Å². The Balaban J connectivity index is 1.80. The van der Waals surface area contributed by atoms with Crippen LogP contribution in [0, 0.1) is 6.92 Å². The number of amides is 2. The molecule has 0 heterocycles. The number of carbonyl (C=O) groups excluding carboxylic acids is 2. The predicted octanol–water partition coefficient (Wildman–Crippen LogP) is 3.17. The molecule has 0 spiro atoms. The fourth-order valence-corrected chi connectivity index (χ4v) is 4.16. The summed E-state index contributed by atoms with van der Waals surface area (Å²) < 4.78 is 26.6. The van der Waals surface area contributed by atoms with E-state index in [0.717, 1.165) is 4.31 Å². The van der Waals surface area contributed by atoms with E-state index in [1.54, 1.807) is 55.5 Å². The van der Waals surface area contributed by atoms with Crippen LogP contribution in [0.3, 0.4) is 0 Å². The highest BCUT2D eigenvalue weighted by Crippen LogP contribution is 2.23. The molecule has 2 amide bonds. The quantitative estimate of drug-likeness (QED) is 0.634. The summed E-state index contributed by atoms with van der Waals surface area (Å²) in [6.45, 7) is 1.70. The molecule has 7 nitrogen and oxygen atoms in total. The van der Waals surface area contributed by atoms with E-state index < -0.39 is 15.9 Å². The van der Waals surface area contributed by atoms with Crippen LogP contribution in [0.25, 0.3) is 0 Å². The smallest absolute Gasteiger partial charge is 0.264 e. The average Bonchev–Trinajstić information content (AvgIpc) is 2.75. The van der Waals surface area contributed by atoms with Gasteiger partial charge in [0.2, 0.25) is 5.91 Å². The Labute approximate surface area is 175 Å². The Morgan fingerprint density at radius 2 is 1.53 bits per heavy atom. The second kappa shape index (κ2) is 8.38. The first kappa shape index (κ1) is 21.1. The second-order valence-corrected chi connectivity index (χ2v) is 8.60. The zero-order chi connectivity index (χ0) is 21.9. The maximum atomic E-state index is 12.7. The van der Waals surface area contributed by atoms with Crippen LogP contribution < -0.4 is 15.4 Å². The van der Waals surface area contributed by atoms with E-state index in [-0.39, 0.29) is 10.8 Å². The van der Waals surface area contributed by atoms with E-state index in [9.17, 15) is 18.0 Å². The first-order valence-electron chi connectivity index (χ1n) is 9.06. The van der Waals surface area contributed by atoms with Crippen molar-refractivity contribution in [2.45, 2.75) is 11.8 Å². The molecule has 3 aromatic rings. The molecule has 8 heteroatoms. The lowest BCUT2D eigenvalue weighted by molar-refractivity contribution is 0.0995. The van der Waals surface area contributed by atoms with Crippen molar-refractivity contribution >= 4 is 33.2 Å². The van der Waals surface area contributed by atoms with Crippen LogP contribution in [0.15, 0.2) is 77.7 Å². The van der Waals surface area contributed by atoms with Gasteiger partial charge in [-0.3, -0.25) is 13.9 Å². The number of sulfonamides is 1. The van der Waals surface area contributed by atoms with Gasteiger partial charge in [-0.1, -0.05) is 24.3 Å². The number of nitrogens with one attached hydrogen (secondary N) is 1. The van der Waals surface area contributed by atoms with Gasteiger partial charge in [-0.05, 0) is 61.0 Å². The van der Waals surface area contributed by atoms with Gasteiger partial charge in [0, 0.05) is 23.9 Å². The zero-order valence-electron chi connectivity index (χ0n) is 16.5. The number of primary amides is 1. The molecule has 3 N–H and O–H groups in total. The van der Waals surface area contributed by atoms with Crippen molar-refractivity contribution in [1.29, 1.82) is 0 Å². The SMILES string of the molecule is Cc1c(NC(=O)c2ccc(N(C)S(=O)(=O)c3ccccc3)cc2)cccc1C(N)=O. The summed E-state index contributed by atoms with van der Waals surface area (Å²) in [5, 5.41) is 2.75. The molecule has 0 atom stereocenters. The van der Waals surface area contributed by atoms with Gasteiger partial charge in [0.15, 0.2) is 0 Å². The third kappa shape index (κ3) is 4.18. The van der Waals surface area contributed by atoms with Crippen molar-refractivity contribution in [3.8, 4) is 0 Å². The maximum absolute atomic E-state index is 12.7. The second-order valence-electron chi connectivity index (χ2n) is 6.63. The van der Waals surface area contributed by atoms with Crippen LogP contribution in [0.2, 0.25) is 0 Å². The van der Waals surface area contributed by atoms with Crippen molar-refractivity contribution in [1.82, 2.24) is 0 Å². The van der Waals surface area contributed by atoms with E-state index in [4.69, 9.17) is 5.73 Å². The van der Waals surface area contributed by atoms with Crippen LogP contribution in [0.4, 0.5) is 11.4 Å². The first-order valence-corrected chi connectivity index (χ1v) is 10.5. The van der Waals surface area contributed by atoms with Crippen molar-refractivity contribution < 1.29 is 18.0 Å². The number of benzene rings is 3. The van der Waals surface area contributed by atoms with Crippen molar-refractivity contribution in [2.24, 2.45) is 5.73 Å². The third-order valence-electron chi connectivity index (χ3n) is 4.74. The van der Waals surface area contributed by atoms with Gasteiger partial charge in [-0.2, -0.15) is 0 Å². The molecule has 0 radical (unpaired) electrons. The van der Waals surface area contributed by atoms with E-state index in [1.165, 1.54) is 31.3 Å². The summed E-state index contributed by atoms with van der Waals surface area (Å²) in [5.41, 5.74) is 7.48. The van der Waals surface area contributed by atoms with E-state index in [2.05, 4.69) is 5.32 Å². The molecule has 0 saturated heterocycles. The highest BCUT2D eigenvalue weighted by Gasteiger charge is 2.21. The minimum absolute atomic E-state index is 0.180. The number of nitrogens with zero attached hydrogens (tertiary/aromatic N) is 1. The molecule has 3 rings (SSSR count). The predicted molar refractivity (Wildman–Crippen MR) is 116 cm³/mol. The average molecular weight is 423 g/mol. The number of carbonyl (C=O) groups is 2. The fourth-order valence-electron chi connectivity index (χ4n) is 2.94. The molecule has 0 aromatic heterocycles. The summed E-state index contributed by atoms with van der Waals surface area (Å²) in [6.07, 6.45) is 0. The molecule has 0 saturated carbocycles.